The molecule has 1 saturated heterocycles. The second-order valence-electron chi connectivity index (χ2n) is 4.90. The van der Waals surface area contributed by atoms with Crippen LogP contribution in [0.5, 0.6) is 0 Å². The number of aromatic nitrogens is 1. The van der Waals surface area contributed by atoms with Gasteiger partial charge in [0.15, 0.2) is 0 Å². The standard InChI is InChI=1S/C15H19N3/c16-7-5-15-14-11-13(18-9-1-2-10-18)4-3-12(14)6-8-17-15/h3-4,6,8,11H,1-2,5,7,9-10,16H2. The van der Waals surface area contributed by atoms with Crippen molar-refractivity contribution in [3.63, 3.8) is 0 Å². The molecule has 2 aromatic rings. The first-order valence-corrected chi connectivity index (χ1v) is 6.71. The van der Waals surface area contributed by atoms with Gasteiger partial charge in [0.2, 0.25) is 0 Å². The topological polar surface area (TPSA) is 42.1 Å². The third-order valence-corrected chi connectivity index (χ3v) is 3.68. The molecule has 18 heavy (non-hydrogen) atoms. The molecule has 1 fully saturated rings. The van der Waals surface area contributed by atoms with Crippen LogP contribution in [-0.2, 0) is 6.42 Å². The fraction of sp³-hybridized carbons (Fsp3) is 0.400. The monoisotopic (exact) mass is 241 g/mol. The van der Waals surface area contributed by atoms with Crippen LogP contribution in [0.4, 0.5) is 5.69 Å². The molecule has 3 rings (SSSR count). The third-order valence-electron chi connectivity index (χ3n) is 3.68. The number of fused-ring (bicyclic) bond motifs is 1. The molecule has 0 unspecified atom stereocenters. The van der Waals surface area contributed by atoms with E-state index in [0.29, 0.717) is 6.54 Å². The largest absolute Gasteiger partial charge is 0.372 e. The van der Waals surface area contributed by atoms with E-state index >= 15 is 0 Å². The Morgan fingerprint density at radius 1 is 1.17 bits per heavy atom. The molecule has 1 aliphatic rings. The van der Waals surface area contributed by atoms with Gasteiger partial charge in [-0.05, 0) is 43.0 Å². The number of pyridine rings is 1. The first-order chi connectivity index (χ1) is 8.88. The lowest BCUT2D eigenvalue weighted by atomic mass is 10.1. The lowest BCUT2D eigenvalue weighted by molar-refractivity contribution is 0.933. The first-order valence-electron chi connectivity index (χ1n) is 6.71. The second-order valence-corrected chi connectivity index (χ2v) is 4.90. The van der Waals surface area contributed by atoms with Gasteiger partial charge in [0.1, 0.15) is 0 Å². The highest BCUT2D eigenvalue weighted by Crippen LogP contribution is 2.26. The van der Waals surface area contributed by atoms with Crippen LogP contribution in [0.1, 0.15) is 18.5 Å². The summed E-state index contributed by atoms with van der Waals surface area (Å²) in [6, 6.07) is 8.77. The Morgan fingerprint density at radius 3 is 2.78 bits per heavy atom. The van der Waals surface area contributed by atoms with Gasteiger partial charge in [-0.25, -0.2) is 0 Å². The predicted octanol–water partition coefficient (Wildman–Crippen LogP) is 2.34. The zero-order valence-corrected chi connectivity index (χ0v) is 10.6. The molecule has 3 heteroatoms. The van der Waals surface area contributed by atoms with Crippen molar-refractivity contribution in [1.29, 1.82) is 0 Å². The minimum atomic E-state index is 0.653. The molecular formula is C15H19N3. The van der Waals surface area contributed by atoms with Gasteiger partial charge in [0, 0.05) is 42.5 Å². The van der Waals surface area contributed by atoms with Crippen molar-refractivity contribution >= 4 is 16.5 Å². The quantitative estimate of drug-likeness (QED) is 0.896. The summed E-state index contributed by atoms with van der Waals surface area (Å²) in [7, 11) is 0. The van der Waals surface area contributed by atoms with Gasteiger partial charge >= 0.3 is 0 Å². The number of anilines is 1. The molecule has 1 aliphatic heterocycles. The maximum atomic E-state index is 5.66. The highest BCUT2D eigenvalue weighted by molar-refractivity contribution is 5.87. The van der Waals surface area contributed by atoms with E-state index in [1.807, 2.05) is 6.20 Å². The summed E-state index contributed by atoms with van der Waals surface area (Å²) in [5, 5.41) is 2.52. The molecule has 0 saturated carbocycles. The molecule has 2 N–H and O–H groups in total. The van der Waals surface area contributed by atoms with Crippen molar-refractivity contribution in [1.82, 2.24) is 4.98 Å². The van der Waals surface area contributed by atoms with Crippen LogP contribution in [0, 0.1) is 0 Å². The van der Waals surface area contributed by atoms with E-state index < -0.39 is 0 Å². The van der Waals surface area contributed by atoms with Crippen molar-refractivity contribution in [2.24, 2.45) is 5.73 Å². The van der Waals surface area contributed by atoms with E-state index in [0.717, 1.165) is 12.1 Å². The minimum Gasteiger partial charge on any atom is -0.372 e. The molecule has 1 aromatic heterocycles. The molecule has 1 aromatic carbocycles. The maximum Gasteiger partial charge on any atom is 0.0495 e. The SMILES string of the molecule is NCCc1nccc2ccc(N3CCCC3)cc12. The Hall–Kier alpha value is -1.61. The van der Waals surface area contributed by atoms with Crippen LogP contribution in [0.3, 0.4) is 0 Å². The minimum absolute atomic E-state index is 0.653. The van der Waals surface area contributed by atoms with E-state index in [9.17, 15) is 0 Å². The normalized spacial score (nSPS) is 15.5. The van der Waals surface area contributed by atoms with Gasteiger partial charge in [0.05, 0.1) is 0 Å². The van der Waals surface area contributed by atoms with Gasteiger partial charge < -0.3 is 10.6 Å². The summed E-state index contributed by atoms with van der Waals surface area (Å²) >= 11 is 0. The number of nitrogens with zero attached hydrogens (tertiary/aromatic N) is 2. The van der Waals surface area contributed by atoms with E-state index in [1.54, 1.807) is 0 Å². The van der Waals surface area contributed by atoms with Crippen LogP contribution < -0.4 is 10.6 Å². The number of nitrogens with two attached hydrogens (primary N) is 1. The van der Waals surface area contributed by atoms with Gasteiger partial charge in [0.25, 0.3) is 0 Å². The summed E-state index contributed by atoms with van der Waals surface area (Å²) in [6.07, 6.45) is 5.34. The summed E-state index contributed by atoms with van der Waals surface area (Å²) in [4.78, 5) is 6.92. The summed E-state index contributed by atoms with van der Waals surface area (Å²) < 4.78 is 0. The highest BCUT2D eigenvalue weighted by atomic mass is 15.1. The lowest BCUT2D eigenvalue weighted by Crippen LogP contribution is -2.17. The molecule has 0 aliphatic carbocycles. The van der Waals surface area contributed by atoms with Gasteiger partial charge in [-0.15, -0.1) is 0 Å². The fourth-order valence-electron chi connectivity index (χ4n) is 2.72. The van der Waals surface area contributed by atoms with E-state index in [4.69, 9.17) is 5.73 Å². The van der Waals surface area contributed by atoms with Crippen LogP contribution in [-0.4, -0.2) is 24.6 Å². The molecular weight excluding hydrogens is 222 g/mol. The average Bonchev–Trinajstić information content (AvgIpc) is 2.93. The predicted molar refractivity (Wildman–Crippen MR) is 75.9 cm³/mol. The van der Waals surface area contributed by atoms with E-state index in [1.165, 1.54) is 42.4 Å². The van der Waals surface area contributed by atoms with Gasteiger partial charge in [-0.3, -0.25) is 4.98 Å². The van der Waals surface area contributed by atoms with Crippen molar-refractivity contribution in [2.75, 3.05) is 24.5 Å². The summed E-state index contributed by atoms with van der Waals surface area (Å²) in [6.45, 7) is 3.01. The summed E-state index contributed by atoms with van der Waals surface area (Å²) in [5.74, 6) is 0. The Labute approximate surface area is 108 Å². The molecule has 0 atom stereocenters. The molecule has 3 nitrogen and oxygen atoms in total. The number of hydrogen-bond acceptors (Lipinski definition) is 3. The van der Waals surface area contributed by atoms with Crippen LogP contribution in [0.2, 0.25) is 0 Å². The smallest absolute Gasteiger partial charge is 0.0495 e. The summed E-state index contributed by atoms with van der Waals surface area (Å²) in [5.41, 5.74) is 8.11. The van der Waals surface area contributed by atoms with Crippen molar-refractivity contribution in [2.45, 2.75) is 19.3 Å². The average molecular weight is 241 g/mol. The molecule has 94 valence electrons. The Bertz CT molecular complexity index is 544. The third kappa shape index (κ3) is 2.06. The second kappa shape index (κ2) is 4.94. The Balaban J connectivity index is 2.05. The van der Waals surface area contributed by atoms with E-state index in [-0.39, 0.29) is 0 Å². The van der Waals surface area contributed by atoms with Crippen molar-refractivity contribution in [3.8, 4) is 0 Å². The van der Waals surface area contributed by atoms with Crippen LogP contribution in [0.25, 0.3) is 10.8 Å². The Kier molecular flexibility index (Phi) is 3.15. The zero-order valence-electron chi connectivity index (χ0n) is 10.6. The lowest BCUT2D eigenvalue weighted by Gasteiger charge is -2.18. The van der Waals surface area contributed by atoms with Gasteiger partial charge in [-0.2, -0.15) is 0 Å². The van der Waals surface area contributed by atoms with Crippen LogP contribution >= 0.6 is 0 Å². The molecule has 0 radical (unpaired) electrons. The molecule has 0 bridgehead atoms. The zero-order chi connectivity index (χ0) is 12.4. The molecule has 0 spiro atoms. The number of benzene rings is 1. The number of hydrogen-bond donors (Lipinski definition) is 1. The Morgan fingerprint density at radius 2 is 2.00 bits per heavy atom. The van der Waals surface area contributed by atoms with Crippen LogP contribution in [0.15, 0.2) is 30.5 Å². The van der Waals surface area contributed by atoms with Crippen molar-refractivity contribution < 1.29 is 0 Å². The maximum absolute atomic E-state index is 5.66. The molecule has 0 amide bonds. The highest BCUT2D eigenvalue weighted by Gasteiger charge is 2.13. The fourth-order valence-corrected chi connectivity index (χ4v) is 2.72. The first kappa shape index (κ1) is 11.5. The van der Waals surface area contributed by atoms with Gasteiger partial charge in [-0.1, -0.05) is 6.07 Å². The van der Waals surface area contributed by atoms with E-state index in [2.05, 4.69) is 34.1 Å². The molecule has 2 heterocycles. The number of rotatable bonds is 3. The van der Waals surface area contributed by atoms with Crippen molar-refractivity contribution in [3.05, 3.63) is 36.2 Å².